The molecular formula is C15H27BrN2S. The topological polar surface area (TPSA) is 15.3 Å². The van der Waals surface area contributed by atoms with Gasteiger partial charge in [-0.25, -0.2) is 0 Å². The second-order valence-corrected chi connectivity index (χ2v) is 7.83. The van der Waals surface area contributed by atoms with Crippen LogP contribution < -0.4 is 5.32 Å². The summed E-state index contributed by atoms with van der Waals surface area (Å²) in [6, 6.07) is 2.80. The molecule has 2 unspecified atom stereocenters. The van der Waals surface area contributed by atoms with E-state index in [0.717, 1.165) is 25.6 Å². The van der Waals surface area contributed by atoms with Crippen LogP contribution in [0.5, 0.6) is 0 Å². The molecule has 0 aliphatic carbocycles. The molecule has 0 fully saturated rings. The standard InChI is InChI=1S/C15H27BrN2S/c1-11(2)7-17-8-12(3)13(4)18(5)9-15-6-14(16)10-19-15/h6,10-13,17H,7-9H2,1-5H3. The van der Waals surface area contributed by atoms with Crippen LogP contribution in [0.2, 0.25) is 0 Å². The lowest BCUT2D eigenvalue weighted by Crippen LogP contribution is -2.39. The van der Waals surface area contributed by atoms with Gasteiger partial charge in [0.15, 0.2) is 0 Å². The molecule has 0 bridgehead atoms. The summed E-state index contributed by atoms with van der Waals surface area (Å²) in [7, 11) is 2.22. The van der Waals surface area contributed by atoms with Crippen molar-refractivity contribution in [1.82, 2.24) is 10.2 Å². The molecule has 2 nitrogen and oxygen atoms in total. The van der Waals surface area contributed by atoms with Gasteiger partial charge in [0, 0.05) is 27.3 Å². The summed E-state index contributed by atoms with van der Waals surface area (Å²) in [6.07, 6.45) is 0. The van der Waals surface area contributed by atoms with E-state index in [0.29, 0.717) is 12.0 Å². The van der Waals surface area contributed by atoms with E-state index in [2.05, 4.69) is 72.3 Å². The lowest BCUT2D eigenvalue weighted by atomic mass is 10.0. The van der Waals surface area contributed by atoms with Gasteiger partial charge in [-0.1, -0.05) is 20.8 Å². The number of hydrogen-bond acceptors (Lipinski definition) is 3. The molecule has 1 aromatic rings. The van der Waals surface area contributed by atoms with Crippen molar-refractivity contribution in [3.05, 3.63) is 20.8 Å². The normalized spacial score (nSPS) is 15.2. The Balaban J connectivity index is 2.36. The second kappa shape index (κ2) is 8.40. The average molecular weight is 347 g/mol. The summed E-state index contributed by atoms with van der Waals surface area (Å²) in [4.78, 5) is 3.86. The SMILES string of the molecule is CC(C)CNCC(C)C(C)N(C)Cc1cc(Br)cs1. The highest BCUT2D eigenvalue weighted by atomic mass is 79.9. The molecule has 0 saturated carbocycles. The van der Waals surface area contributed by atoms with E-state index in [1.54, 1.807) is 0 Å². The lowest BCUT2D eigenvalue weighted by Gasteiger charge is -2.30. The minimum atomic E-state index is 0.584. The third kappa shape index (κ3) is 6.39. The van der Waals surface area contributed by atoms with Crippen molar-refractivity contribution in [2.45, 2.75) is 40.3 Å². The molecule has 0 aliphatic rings. The number of hydrogen-bond donors (Lipinski definition) is 1. The van der Waals surface area contributed by atoms with E-state index in [-0.39, 0.29) is 0 Å². The van der Waals surface area contributed by atoms with Crippen molar-refractivity contribution in [2.24, 2.45) is 11.8 Å². The van der Waals surface area contributed by atoms with Crippen LogP contribution in [0.25, 0.3) is 0 Å². The van der Waals surface area contributed by atoms with E-state index in [4.69, 9.17) is 0 Å². The Hall–Kier alpha value is 0.1000. The van der Waals surface area contributed by atoms with Gasteiger partial charge in [-0.05, 0) is 60.9 Å². The Morgan fingerprint density at radius 1 is 1.26 bits per heavy atom. The average Bonchev–Trinajstić information content (AvgIpc) is 2.73. The Bertz CT molecular complexity index is 365. The summed E-state index contributed by atoms with van der Waals surface area (Å²) in [5.74, 6) is 1.39. The summed E-state index contributed by atoms with van der Waals surface area (Å²) < 4.78 is 1.19. The minimum Gasteiger partial charge on any atom is -0.316 e. The van der Waals surface area contributed by atoms with Crippen LogP contribution in [0.4, 0.5) is 0 Å². The highest BCUT2D eigenvalue weighted by Gasteiger charge is 2.17. The first kappa shape index (κ1) is 17.2. The summed E-state index contributed by atoms with van der Waals surface area (Å²) in [6.45, 7) is 12.4. The van der Waals surface area contributed by atoms with Crippen LogP contribution in [0, 0.1) is 11.8 Å². The largest absolute Gasteiger partial charge is 0.316 e. The molecule has 0 amide bonds. The van der Waals surface area contributed by atoms with Crippen molar-refractivity contribution < 1.29 is 0 Å². The predicted molar refractivity (Wildman–Crippen MR) is 89.8 cm³/mol. The van der Waals surface area contributed by atoms with E-state index < -0.39 is 0 Å². The molecule has 0 spiro atoms. The quantitative estimate of drug-likeness (QED) is 0.758. The Labute approximate surface area is 130 Å². The molecule has 110 valence electrons. The highest BCUT2D eigenvalue weighted by Crippen LogP contribution is 2.22. The number of halogens is 1. The fraction of sp³-hybridized carbons (Fsp3) is 0.733. The monoisotopic (exact) mass is 346 g/mol. The van der Waals surface area contributed by atoms with Crippen LogP contribution in [0.15, 0.2) is 15.9 Å². The zero-order valence-electron chi connectivity index (χ0n) is 12.7. The number of thiophene rings is 1. The first-order valence-electron chi connectivity index (χ1n) is 7.04. The zero-order chi connectivity index (χ0) is 14.4. The van der Waals surface area contributed by atoms with Gasteiger partial charge >= 0.3 is 0 Å². The van der Waals surface area contributed by atoms with Crippen LogP contribution in [0.1, 0.15) is 32.6 Å². The number of rotatable bonds is 8. The van der Waals surface area contributed by atoms with E-state index in [1.807, 2.05) is 11.3 Å². The summed E-state index contributed by atoms with van der Waals surface area (Å²) >= 11 is 5.34. The molecule has 19 heavy (non-hydrogen) atoms. The Kier molecular flexibility index (Phi) is 7.58. The van der Waals surface area contributed by atoms with Crippen molar-refractivity contribution in [1.29, 1.82) is 0 Å². The van der Waals surface area contributed by atoms with Gasteiger partial charge in [-0.2, -0.15) is 0 Å². The van der Waals surface area contributed by atoms with Crippen LogP contribution in [-0.2, 0) is 6.54 Å². The predicted octanol–water partition coefficient (Wildman–Crippen LogP) is 4.21. The van der Waals surface area contributed by atoms with Crippen molar-refractivity contribution in [2.75, 3.05) is 20.1 Å². The summed E-state index contributed by atoms with van der Waals surface area (Å²) in [5.41, 5.74) is 0. The van der Waals surface area contributed by atoms with Gasteiger partial charge in [-0.15, -0.1) is 11.3 Å². The lowest BCUT2D eigenvalue weighted by molar-refractivity contribution is 0.189. The first-order chi connectivity index (χ1) is 8.90. The third-order valence-electron chi connectivity index (χ3n) is 3.56. The molecule has 1 heterocycles. The molecule has 4 heteroatoms. The number of nitrogens with zero attached hydrogens (tertiary/aromatic N) is 1. The maximum atomic E-state index is 3.56. The Morgan fingerprint density at radius 3 is 2.47 bits per heavy atom. The fourth-order valence-electron chi connectivity index (χ4n) is 2.03. The van der Waals surface area contributed by atoms with Gasteiger partial charge in [0.05, 0.1) is 0 Å². The highest BCUT2D eigenvalue weighted by molar-refractivity contribution is 9.10. The molecule has 0 aromatic carbocycles. The molecule has 0 aliphatic heterocycles. The molecule has 1 aromatic heterocycles. The van der Waals surface area contributed by atoms with Crippen molar-refractivity contribution in [3.8, 4) is 0 Å². The minimum absolute atomic E-state index is 0.584. The van der Waals surface area contributed by atoms with Gasteiger partial charge in [0.25, 0.3) is 0 Å². The van der Waals surface area contributed by atoms with E-state index in [9.17, 15) is 0 Å². The van der Waals surface area contributed by atoms with Crippen LogP contribution in [-0.4, -0.2) is 31.1 Å². The third-order valence-corrected chi connectivity index (χ3v) is 5.25. The summed E-state index contributed by atoms with van der Waals surface area (Å²) in [5, 5.41) is 5.71. The number of nitrogens with one attached hydrogen (secondary N) is 1. The van der Waals surface area contributed by atoms with E-state index in [1.165, 1.54) is 9.35 Å². The van der Waals surface area contributed by atoms with Gasteiger partial charge < -0.3 is 5.32 Å². The van der Waals surface area contributed by atoms with Crippen molar-refractivity contribution >= 4 is 27.3 Å². The first-order valence-corrected chi connectivity index (χ1v) is 8.71. The van der Waals surface area contributed by atoms with Gasteiger partial charge in [0.2, 0.25) is 0 Å². The Morgan fingerprint density at radius 2 is 1.95 bits per heavy atom. The molecule has 2 atom stereocenters. The van der Waals surface area contributed by atoms with Gasteiger partial charge in [0.1, 0.15) is 0 Å². The molecule has 0 saturated heterocycles. The van der Waals surface area contributed by atoms with Crippen LogP contribution >= 0.6 is 27.3 Å². The molecule has 1 rings (SSSR count). The molecule has 0 radical (unpaired) electrons. The molecule has 1 N–H and O–H groups in total. The van der Waals surface area contributed by atoms with Crippen molar-refractivity contribution in [3.63, 3.8) is 0 Å². The zero-order valence-corrected chi connectivity index (χ0v) is 15.1. The fourth-order valence-corrected chi connectivity index (χ4v) is 3.54. The second-order valence-electron chi connectivity index (χ2n) is 5.92. The van der Waals surface area contributed by atoms with E-state index >= 15 is 0 Å². The smallest absolute Gasteiger partial charge is 0.0328 e. The maximum absolute atomic E-state index is 3.56. The maximum Gasteiger partial charge on any atom is 0.0328 e. The van der Waals surface area contributed by atoms with Gasteiger partial charge in [-0.3, -0.25) is 4.90 Å². The molecular weight excluding hydrogens is 320 g/mol. The van der Waals surface area contributed by atoms with Crippen LogP contribution in [0.3, 0.4) is 0 Å².